The van der Waals surface area contributed by atoms with E-state index in [9.17, 15) is 18.0 Å². The SMILES string of the molecule is COCCNC1CCC(C(=O)N2CCc3ncc(C(F)(F)F)cc3C2)C1. The molecule has 0 radical (unpaired) electrons. The van der Waals surface area contributed by atoms with Gasteiger partial charge in [-0.1, -0.05) is 0 Å². The third kappa shape index (κ3) is 4.35. The molecule has 144 valence electrons. The van der Waals surface area contributed by atoms with Crippen molar-refractivity contribution in [3.05, 3.63) is 29.1 Å². The number of carbonyl (C=O) groups excluding carboxylic acids is 1. The van der Waals surface area contributed by atoms with Gasteiger partial charge in [0, 0.05) is 57.0 Å². The first-order chi connectivity index (χ1) is 12.4. The van der Waals surface area contributed by atoms with Crippen LogP contribution in [0, 0.1) is 5.92 Å². The van der Waals surface area contributed by atoms with Crippen LogP contribution in [-0.2, 0) is 28.7 Å². The van der Waals surface area contributed by atoms with Crippen LogP contribution in [0.1, 0.15) is 36.1 Å². The van der Waals surface area contributed by atoms with Gasteiger partial charge in [-0.05, 0) is 30.9 Å². The summed E-state index contributed by atoms with van der Waals surface area (Å²) in [5, 5.41) is 3.38. The molecular formula is C18H24F3N3O2. The molecule has 1 amide bonds. The molecule has 0 saturated heterocycles. The van der Waals surface area contributed by atoms with Gasteiger partial charge in [0.1, 0.15) is 0 Å². The maximum atomic E-state index is 12.9. The second-order valence-corrected chi connectivity index (χ2v) is 6.99. The lowest BCUT2D eigenvalue weighted by Crippen LogP contribution is -2.40. The Hall–Kier alpha value is -1.67. The third-order valence-corrected chi connectivity index (χ3v) is 5.20. The fourth-order valence-corrected chi connectivity index (χ4v) is 3.78. The number of rotatable bonds is 5. The molecule has 5 nitrogen and oxygen atoms in total. The molecule has 1 aliphatic carbocycles. The topological polar surface area (TPSA) is 54.5 Å². The molecule has 0 spiro atoms. The molecule has 2 aliphatic rings. The monoisotopic (exact) mass is 371 g/mol. The summed E-state index contributed by atoms with van der Waals surface area (Å²) in [5.41, 5.74) is 0.411. The van der Waals surface area contributed by atoms with E-state index in [2.05, 4.69) is 10.3 Å². The molecule has 0 aromatic carbocycles. The Morgan fingerprint density at radius 1 is 1.42 bits per heavy atom. The highest BCUT2D eigenvalue weighted by molar-refractivity contribution is 5.79. The van der Waals surface area contributed by atoms with Crippen LogP contribution in [0.15, 0.2) is 12.3 Å². The maximum Gasteiger partial charge on any atom is 0.417 e. The molecule has 1 aromatic heterocycles. The number of carbonyl (C=O) groups is 1. The van der Waals surface area contributed by atoms with E-state index in [0.717, 1.165) is 38.1 Å². The number of fused-ring (bicyclic) bond motifs is 1. The van der Waals surface area contributed by atoms with Gasteiger partial charge in [-0.2, -0.15) is 13.2 Å². The van der Waals surface area contributed by atoms with Crippen molar-refractivity contribution in [2.75, 3.05) is 26.8 Å². The van der Waals surface area contributed by atoms with E-state index < -0.39 is 11.7 Å². The van der Waals surface area contributed by atoms with Crippen LogP contribution in [0.25, 0.3) is 0 Å². The van der Waals surface area contributed by atoms with E-state index in [0.29, 0.717) is 36.9 Å². The number of amides is 1. The van der Waals surface area contributed by atoms with Crippen LogP contribution < -0.4 is 5.32 Å². The molecule has 1 aliphatic heterocycles. The van der Waals surface area contributed by atoms with Gasteiger partial charge in [-0.15, -0.1) is 0 Å². The standard InChI is InChI=1S/C18H24F3N3O2/c1-26-7-5-22-15-3-2-12(9-15)17(25)24-6-4-16-13(11-24)8-14(10-23-16)18(19,20)21/h8,10,12,15,22H,2-7,9,11H2,1H3. The van der Waals surface area contributed by atoms with Gasteiger partial charge < -0.3 is 15.0 Å². The number of aromatic nitrogens is 1. The maximum absolute atomic E-state index is 12.9. The molecule has 3 rings (SSSR count). The van der Waals surface area contributed by atoms with Crippen molar-refractivity contribution in [3.63, 3.8) is 0 Å². The molecule has 1 fully saturated rings. The highest BCUT2D eigenvalue weighted by atomic mass is 19.4. The second-order valence-electron chi connectivity index (χ2n) is 6.99. The van der Waals surface area contributed by atoms with Crippen molar-refractivity contribution in [1.82, 2.24) is 15.2 Å². The van der Waals surface area contributed by atoms with Gasteiger partial charge in [0.05, 0.1) is 12.2 Å². The normalized spacial score (nSPS) is 23.2. The van der Waals surface area contributed by atoms with Gasteiger partial charge in [0.2, 0.25) is 5.91 Å². The lowest BCUT2D eigenvalue weighted by Gasteiger charge is -2.30. The molecule has 2 unspecified atom stereocenters. The summed E-state index contributed by atoms with van der Waals surface area (Å²) in [7, 11) is 1.65. The Morgan fingerprint density at radius 3 is 2.96 bits per heavy atom. The Morgan fingerprint density at radius 2 is 2.23 bits per heavy atom. The van der Waals surface area contributed by atoms with Gasteiger partial charge in [0.25, 0.3) is 0 Å². The number of nitrogens with zero attached hydrogens (tertiary/aromatic N) is 2. The lowest BCUT2D eigenvalue weighted by molar-refractivity contribution is -0.137. The Labute approximate surface area is 150 Å². The Kier molecular flexibility index (Phi) is 5.82. The average Bonchev–Trinajstić information content (AvgIpc) is 3.08. The lowest BCUT2D eigenvalue weighted by atomic mass is 10.00. The van der Waals surface area contributed by atoms with Crippen molar-refractivity contribution in [2.24, 2.45) is 5.92 Å². The molecule has 2 atom stereocenters. The fourth-order valence-electron chi connectivity index (χ4n) is 3.78. The Bertz CT molecular complexity index is 651. The molecular weight excluding hydrogens is 347 g/mol. The molecule has 1 aromatic rings. The number of methoxy groups -OCH3 is 1. The highest BCUT2D eigenvalue weighted by Crippen LogP contribution is 2.32. The summed E-state index contributed by atoms with van der Waals surface area (Å²) in [6, 6.07) is 1.43. The average molecular weight is 371 g/mol. The van der Waals surface area contributed by atoms with Crippen LogP contribution in [0.2, 0.25) is 0 Å². The van der Waals surface area contributed by atoms with E-state index in [1.54, 1.807) is 12.0 Å². The van der Waals surface area contributed by atoms with Crippen molar-refractivity contribution >= 4 is 5.91 Å². The zero-order chi connectivity index (χ0) is 18.7. The minimum Gasteiger partial charge on any atom is -0.383 e. The minimum atomic E-state index is -4.42. The summed E-state index contributed by atoms with van der Waals surface area (Å²) >= 11 is 0. The molecule has 1 saturated carbocycles. The zero-order valence-corrected chi connectivity index (χ0v) is 14.8. The number of nitrogens with one attached hydrogen (secondary N) is 1. The van der Waals surface area contributed by atoms with E-state index in [-0.39, 0.29) is 18.4 Å². The fraction of sp³-hybridized carbons (Fsp3) is 0.667. The number of hydrogen-bond acceptors (Lipinski definition) is 4. The van der Waals surface area contributed by atoms with Crippen LogP contribution in [0.5, 0.6) is 0 Å². The predicted molar refractivity (Wildman–Crippen MR) is 89.4 cm³/mol. The number of halogens is 3. The van der Waals surface area contributed by atoms with E-state index in [1.807, 2.05) is 0 Å². The summed E-state index contributed by atoms with van der Waals surface area (Å²) in [6.45, 7) is 2.11. The molecule has 0 bridgehead atoms. The number of alkyl halides is 3. The summed E-state index contributed by atoms with van der Waals surface area (Å²) in [6.07, 6.45) is -0.517. The van der Waals surface area contributed by atoms with E-state index >= 15 is 0 Å². The number of ether oxygens (including phenoxy) is 1. The second kappa shape index (κ2) is 7.92. The summed E-state index contributed by atoms with van der Waals surface area (Å²) in [4.78, 5) is 18.4. The molecule has 26 heavy (non-hydrogen) atoms. The highest BCUT2D eigenvalue weighted by Gasteiger charge is 2.35. The van der Waals surface area contributed by atoms with Gasteiger partial charge in [-0.25, -0.2) is 0 Å². The van der Waals surface area contributed by atoms with Crippen molar-refractivity contribution in [1.29, 1.82) is 0 Å². The van der Waals surface area contributed by atoms with Gasteiger partial charge in [-0.3, -0.25) is 9.78 Å². The Balaban J connectivity index is 1.61. The quantitative estimate of drug-likeness (QED) is 0.808. The molecule has 2 heterocycles. The van der Waals surface area contributed by atoms with Crippen LogP contribution >= 0.6 is 0 Å². The summed E-state index contributed by atoms with van der Waals surface area (Å²) < 4.78 is 43.7. The van der Waals surface area contributed by atoms with Gasteiger partial charge in [0.15, 0.2) is 0 Å². The van der Waals surface area contributed by atoms with E-state index in [1.165, 1.54) is 0 Å². The first kappa shape index (κ1) is 19.1. The molecule has 1 N–H and O–H groups in total. The van der Waals surface area contributed by atoms with Crippen LogP contribution in [0.3, 0.4) is 0 Å². The van der Waals surface area contributed by atoms with Crippen LogP contribution in [0.4, 0.5) is 13.2 Å². The molecule has 8 heteroatoms. The smallest absolute Gasteiger partial charge is 0.383 e. The van der Waals surface area contributed by atoms with E-state index in [4.69, 9.17) is 4.74 Å². The largest absolute Gasteiger partial charge is 0.417 e. The van der Waals surface area contributed by atoms with Gasteiger partial charge >= 0.3 is 6.18 Å². The third-order valence-electron chi connectivity index (χ3n) is 5.20. The number of pyridine rings is 1. The minimum absolute atomic E-state index is 0.0455. The van der Waals surface area contributed by atoms with Crippen molar-refractivity contribution in [3.8, 4) is 0 Å². The zero-order valence-electron chi connectivity index (χ0n) is 14.8. The first-order valence-corrected chi connectivity index (χ1v) is 8.94. The van der Waals surface area contributed by atoms with Crippen LogP contribution in [-0.4, -0.2) is 48.6 Å². The van der Waals surface area contributed by atoms with Crippen molar-refractivity contribution < 1.29 is 22.7 Å². The number of hydrogen-bond donors (Lipinski definition) is 1. The predicted octanol–water partition coefficient (Wildman–Crippen LogP) is 2.39. The first-order valence-electron chi connectivity index (χ1n) is 8.94. The van der Waals surface area contributed by atoms with Crippen molar-refractivity contribution in [2.45, 2.75) is 44.4 Å². The summed E-state index contributed by atoms with van der Waals surface area (Å²) in [5.74, 6) is -0.0144.